The molecule has 2 atom stereocenters. The van der Waals surface area contributed by atoms with Crippen LogP contribution in [-0.2, 0) is 0 Å². The first kappa shape index (κ1) is 11.0. The molecular formula is C12H12BrNS. The predicted octanol–water partition coefficient (Wildman–Crippen LogP) is 3.80. The molecule has 1 aromatic carbocycles. The van der Waals surface area contributed by atoms with Crippen LogP contribution in [0.4, 0.5) is 0 Å². The number of fused-ring (bicyclic) bond motifs is 1. The predicted molar refractivity (Wildman–Crippen MR) is 67.4 cm³/mol. The number of halogens is 1. The van der Waals surface area contributed by atoms with Gasteiger partial charge >= 0.3 is 0 Å². The molecule has 1 aliphatic heterocycles. The van der Waals surface area contributed by atoms with Crippen LogP contribution in [0.25, 0.3) is 0 Å². The van der Waals surface area contributed by atoms with Gasteiger partial charge in [-0.25, -0.2) is 0 Å². The molecule has 3 heteroatoms. The van der Waals surface area contributed by atoms with E-state index in [2.05, 4.69) is 46.3 Å². The Morgan fingerprint density at radius 3 is 3.07 bits per heavy atom. The second kappa shape index (κ2) is 5.05. The van der Waals surface area contributed by atoms with Gasteiger partial charge < -0.3 is 0 Å². The summed E-state index contributed by atoms with van der Waals surface area (Å²) in [5, 5.41) is 9.73. The van der Waals surface area contributed by atoms with Crippen molar-refractivity contribution in [2.75, 3.05) is 11.1 Å². The van der Waals surface area contributed by atoms with Crippen molar-refractivity contribution in [1.82, 2.24) is 0 Å². The summed E-state index contributed by atoms with van der Waals surface area (Å²) in [6.45, 7) is 0. The molecule has 15 heavy (non-hydrogen) atoms. The summed E-state index contributed by atoms with van der Waals surface area (Å²) < 4.78 is 0. The minimum atomic E-state index is 0.141. The average Bonchev–Trinajstić information content (AvgIpc) is 2.69. The fraction of sp³-hybridized carbons (Fsp3) is 0.417. The molecule has 0 N–H and O–H groups in total. The van der Waals surface area contributed by atoms with Gasteiger partial charge in [0.05, 0.1) is 12.0 Å². The lowest BCUT2D eigenvalue weighted by molar-refractivity contribution is 0.593. The van der Waals surface area contributed by atoms with Gasteiger partial charge in [0.25, 0.3) is 0 Å². The van der Waals surface area contributed by atoms with E-state index in [0.29, 0.717) is 5.92 Å². The summed E-state index contributed by atoms with van der Waals surface area (Å²) in [5.74, 6) is 1.83. The number of rotatable bonds is 3. The molecule has 0 amide bonds. The van der Waals surface area contributed by atoms with Crippen molar-refractivity contribution in [3.05, 3.63) is 29.8 Å². The van der Waals surface area contributed by atoms with E-state index in [4.69, 9.17) is 5.26 Å². The van der Waals surface area contributed by atoms with Crippen LogP contribution in [0, 0.1) is 17.2 Å². The van der Waals surface area contributed by atoms with Gasteiger partial charge in [-0.15, -0.1) is 11.8 Å². The first-order chi connectivity index (χ1) is 7.35. The Morgan fingerprint density at radius 1 is 1.53 bits per heavy atom. The Balaban J connectivity index is 2.11. The number of thioether (sulfide) groups is 1. The van der Waals surface area contributed by atoms with Crippen LogP contribution in [0.15, 0.2) is 29.2 Å². The number of benzene rings is 1. The van der Waals surface area contributed by atoms with Crippen molar-refractivity contribution in [3.8, 4) is 6.07 Å². The minimum absolute atomic E-state index is 0.141. The molecule has 78 valence electrons. The molecule has 0 aromatic heterocycles. The molecule has 0 saturated heterocycles. The third kappa shape index (κ3) is 2.38. The molecule has 1 aromatic rings. The van der Waals surface area contributed by atoms with E-state index in [1.54, 1.807) is 0 Å². The first-order valence-electron chi connectivity index (χ1n) is 5.02. The zero-order valence-electron chi connectivity index (χ0n) is 8.32. The van der Waals surface area contributed by atoms with Gasteiger partial charge in [-0.2, -0.15) is 5.26 Å². The molecule has 1 nitrogen and oxygen atoms in total. The molecule has 0 aliphatic carbocycles. The Morgan fingerprint density at radius 2 is 2.33 bits per heavy atom. The van der Waals surface area contributed by atoms with Gasteiger partial charge in [0.15, 0.2) is 0 Å². The third-order valence-corrected chi connectivity index (χ3v) is 4.77. The van der Waals surface area contributed by atoms with Crippen LogP contribution in [0.2, 0.25) is 0 Å². The topological polar surface area (TPSA) is 23.8 Å². The molecule has 0 bridgehead atoms. The van der Waals surface area contributed by atoms with Crippen molar-refractivity contribution in [2.45, 2.75) is 17.2 Å². The summed E-state index contributed by atoms with van der Waals surface area (Å²) in [7, 11) is 0. The number of hydrogen-bond acceptors (Lipinski definition) is 2. The zero-order valence-corrected chi connectivity index (χ0v) is 10.7. The highest BCUT2D eigenvalue weighted by molar-refractivity contribution is 9.09. The van der Waals surface area contributed by atoms with Gasteiger partial charge in [0, 0.05) is 16.0 Å². The highest BCUT2D eigenvalue weighted by Crippen LogP contribution is 2.42. The largest absolute Gasteiger partial charge is 0.198 e. The zero-order chi connectivity index (χ0) is 10.7. The number of nitriles is 1. The number of alkyl halides is 1. The summed E-state index contributed by atoms with van der Waals surface area (Å²) >= 11 is 5.31. The summed E-state index contributed by atoms with van der Waals surface area (Å²) in [4.78, 5) is 1.40. The quantitative estimate of drug-likeness (QED) is 0.787. The number of nitrogens with zero attached hydrogens (tertiary/aromatic N) is 1. The lowest BCUT2D eigenvalue weighted by atomic mass is 9.92. The monoisotopic (exact) mass is 281 g/mol. The van der Waals surface area contributed by atoms with Crippen LogP contribution in [0.3, 0.4) is 0 Å². The van der Waals surface area contributed by atoms with Gasteiger partial charge in [-0.1, -0.05) is 34.1 Å². The molecule has 0 spiro atoms. The lowest BCUT2D eigenvalue weighted by Gasteiger charge is -2.12. The third-order valence-electron chi connectivity index (χ3n) is 2.74. The fourth-order valence-corrected chi connectivity index (χ4v) is 3.60. The first-order valence-corrected chi connectivity index (χ1v) is 7.13. The maximum atomic E-state index is 8.95. The summed E-state index contributed by atoms with van der Waals surface area (Å²) in [6.07, 6.45) is 0.978. The maximum Gasteiger partial charge on any atom is 0.0664 e. The molecule has 0 radical (unpaired) electrons. The second-order valence-corrected chi connectivity index (χ2v) is 5.47. The minimum Gasteiger partial charge on any atom is -0.198 e. The molecule has 2 rings (SSSR count). The van der Waals surface area contributed by atoms with E-state index in [-0.39, 0.29) is 5.92 Å². The van der Waals surface area contributed by atoms with Crippen molar-refractivity contribution >= 4 is 27.7 Å². The van der Waals surface area contributed by atoms with Gasteiger partial charge in [0.1, 0.15) is 0 Å². The van der Waals surface area contributed by atoms with E-state index >= 15 is 0 Å². The van der Waals surface area contributed by atoms with Gasteiger partial charge in [-0.3, -0.25) is 0 Å². The maximum absolute atomic E-state index is 8.95. The molecule has 2 unspecified atom stereocenters. The van der Waals surface area contributed by atoms with Crippen LogP contribution < -0.4 is 0 Å². The standard InChI is InChI=1S/C12H12BrNS/c13-6-9(7-14)5-10-8-15-12-4-2-1-3-11(10)12/h1-4,9-10H,5-6,8H2. The van der Waals surface area contributed by atoms with Gasteiger partial charge in [-0.05, 0) is 24.0 Å². The van der Waals surface area contributed by atoms with E-state index in [1.807, 2.05) is 11.8 Å². The molecule has 0 saturated carbocycles. The van der Waals surface area contributed by atoms with Crippen LogP contribution in [0.1, 0.15) is 17.9 Å². The van der Waals surface area contributed by atoms with E-state index in [1.165, 1.54) is 10.5 Å². The molecular weight excluding hydrogens is 270 g/mol. The normalized spacial score (nSPS) is 20.7. The summed E-state index contributed by atoms with van der Waals surface area (Å²) in [6, 6.07) is 10.9. The lowest BCUT2D eigenvalue weighted by Crippen LogP contribution is -2.06. The van der Waals surface area contributed by atoms with Crippen LogP contribution in [-0.4, -0.2) is 11.1 Å². The second-order valence-electron chi connectivity index (χ2n) is 3.76. The van der Waals surface area contributed by atoms with E-state index < -0.39 is 0 Å². The highest BCUT2D eigenvalue weighted by atomic mass is 79.9. The summed E-state index contributed by atoms with van der Waals surface area (Å²) in [5.41, 5.74) is 1.43. The van der Waals surface area contributed by atoms with Gasteiger partial charge in [0.2, 0.25) is 0 Å². The Bertz CT molecular complexity index is 385. The fourth-order valence-electron chi connectivity index (χ4n) is 1.92. The van der Waals surface area contributed by atoms with Crippen molar-refractivity contribution < 1.29 is 0 Å². The SMILES string of the molecule is N#CC(CBr)CC1CSc2ccccc21. The Hall–Kier alpha value is -0.460. The smallest absolute Gasteiger partial charge is 0.0664 e. The van der Waals surface area contributed by atoms with Crippen molar-refractivity contribution in [2.24, 2.45) is 5.92 Å². The Labute approximate surface area is 103 Å². The molecule has 1 heterocycles. The number of hydrogen-bond donors (Lipinski definition) is 0. The van der Waals surface area contributed by atoms with Crippen molar-refractivity contribution in [3.63, 3.8) is 0 Å². The molecule has 0 fully saturated rings. The van der Waals surface area contributed by atoms with E-state index in [0.717, 1.165) is 17.5 Å². The van der Waals surface area contributed by atoms with E-state index in [9.17, 15) is 0 Å². The van der Waals surface area contributed by atoms with Crippen molar-refractivity contribution in [1.29, 1.82) is 5.26 Å². The Kier molecular flexibility index (Phi) is 3.71. The highest BCUT2D eigenvalue weighted by Gasteiger charge is 2.25. The molecule has 1 aliphatic rings. The average molecular weight is 282 g/mol. The van der Waals surface area contributed by atoms with Crippen LogP contribution in [0.5, 0.6) is 0 Å². The van der Waals surface area contributed by atoms with Crippen LogP contribution >= 0.6 is 27.7 Å².